The Hall–Kier alpha value is -5.68. The normalized spacial score (nSPS) is 19.9. The number of carbonyl (C=O) groups excluding carboxylic acids is 2. The average molecular weight is 929 g/mol. The highest BCUT2D eigenvalue weighted by molar-refractivity contribution is 5.91. The van der Waals surface area contributed by atoms with E-state index in [-0.39, 0.29) is 51.7 Å². The fourth-order valence-corrected chi connectivity index (χ4v) is 10.2. The number of fused-ring (bicyclic) bond motifs is 2. The lowest BCUT2D eigenvalue weighted by atomic mass is 9.83. The first-order chi connectivity index (χ1) is 32.3. The number of methoxy groups -OCH3 is 5. The fraction of sp³-hybridized carbons (Fsp3) is 0.462. The Morgan fingerprint density at radius 2 is 1.13 bits per heavy atom. The Morgan fingerprint density at radius 3 is 1.72 bits per heavy atom. The van der Waals surface area contributed by atoms with Crippen LogP contribution >= 0.6 is 0 Å². The minimum absolute atomic E-state index is 0.0273. The summed E-state index contributed by atoms with van der Waals surface area (Å²) in [7, 11) is 12.3. The molecule has 0 bridgehead atoms. The van der Waals surface area contributed by atoms with Crippen LogP contribution in [-0.2, 0) is 64.8 Å². The Morgan fingerprint density at radius 1 is 0.582 bits per heavy atom. The maximum absolute atomic E-state index is 12.8. The van der Waals surface area contributed by atoms with Gasteiger partial charge in [-0.25, -0.2) is 9.59 Å². The molecular weight excluding hydrogens is 861 g/mol. The van der Waals surface area contributed by atoms with Crippen LogP contribution < -0.4 is 23.7 Å². The van der Waals surface area contributed by atoms with Crippen LogP contribution in [0.2, 0.25) is 0 Å². The predicted octanol–water partition coefficient (Wildman–Crippen LogP) is 5.20. The van der Waals surface area contributed by atoms with Gasteiger partial charge in [-0.3, -0.25) is 0 Å². The molecule has 0 radical (unpaired) electrons. The largest absolute Gasteiger partial charge is 0.496 e. The quantitative estimate of drug-likeness (QED) is 0.0350. The first-order valence-corrected chi connectivity index (χ1v) is 22.8. The second-order valence-electron chi connectivity index (χ2n) is 17.8. The first-order valence-electron chi connectivity index (χ1n) is 22.8. The highest BCUT2D eigenvalue weighted by atomic mass is 16.5. The van der Waals surface area contributed by atoms with E-state index in [0.717, 1.165) is 65.9 Å². The Bertz CT molecular complexity index is 2380. The number of rotatable bonds is 22. The third kappa shape index (κ3) is 11.4. The van der Waals surface area contributed by atoms with Crippen LogP contribution in [0.5, 0.6) is 28.7 Å². The van der Waals surface area contributed by atoms with Crippen LogP contribution in [-0.4, -0.2) is 130 Å². The monoisotopic (exact) mass is 928 g/mol. The van der Waals surface area contributed by atoms with Gasteiger partial charge in [0.1, 0.15) is 17.8 Å². The molecule has 4 aromatic rings. The van der Waals surface area contributed by atoms with Crippen LogP contribution in [0.25, 0.3) is 0 Å². The lowest BCUT2D eigenvalue weighted by molar-refractivity contribution is -0.941. The molecule has 0 fully saturated rings. The van der Waals surface area contributed by atoms with Crippen LogP contribution in [0.4, 0.5) is 0 Å². The Balaban J connectivity index is 1.06. The van der Waals surface area contributed by atoms with Gasteiger partial charge in [0.15, 0.2) is 23.0 Å². The topological polar surface area (TPSA) is 180 Å². The summed E-state index contributed by atoms with van der Waals surface area (Å²) in [5.74, 6) is 1.65. The molecule has 4 N–H and O–H groups in total. The molecule has 0 spiro atoms. The van der Waals surface area contributed by atoms with Gasteiger partial charge in [-0.15, -0.1) is 0 Å². The van der Waals surface area contributed by atoms with Crippen molar-refractivity contribution in [2.75, 3.05) is 89.0 Å². The number of carbonyl (C=O) groups is 2. The van der Waals surface area contributed by atoms with E-state index in [1.54, 1.807) is 35.5 Å². The van der Waals surface area contributed by atoms with E-state index in [4.69, 9.17) is 33.2 Å². The van der Waals surface area contributed by atoms with Crippen molar-refractivity contribution in [2.45, 2.75) is 70.6 Å². The summed E-state index contributed by atoms with van der Waals surface area (Å²) in [6.45, 7) is 2.42. The number of aliphatic hydroxyl groups excluding tert-OH is 4. The van der Waals surface area contributed by atoms with E-state index < -0.39 is 11.9 Å². The van der Waals surface area contributed by atoms with Crippen molar-refractivity contribution < 1.29 is 72.1 Å². The maximum Gasteiger partial charge on any atom is 0.331 e. The van der Waals surface area contributed by atoms with Crippen molar-refractivity contribution in [3.8, 4) is 28.7 Å². The third-order valence-electron chi connectivity index (χ3n) is 13.7. The van der Waals surface area contributed by atoms with E-state index in [1.165, 1.54) is 5.56 Å². The van der Waals surface area contributed by atoms with Crippen molar-refractivity contribution in [1.29, 1.82) is 0 Å². The molecule has 15 heteroatoms. The van der Waals surface area contributed by atoms with Gasteiger partial charge in [-0.2, -0.15) is 0 Å². The standard InChI is InChI=1S/C52H68N2O13/c1-53(18-14-36-28-46(62-4)47(63-5)29-42(36)44(53)23-34-22-41(33-58)52(65-7)48(24-34)64-6)16-8-20-66-49(59)12-13-50(60)67-21-9-17-54(2)19-15-35-25-38(30-55)39(31-56)27-43(35)51(54)37-10-11-45(61-3)40(26-37)32-57/h10-13,22,24-29,44,51,55-58H,8-9,14-21,23,30-33H2,1-7H3/q+2. The van der Waals surface area contributed by atoms with Crippen LogP contribution in [0, 0.1) is 0 Å². The van der Waals surface area contributed by atoms with Gasteiger partial charge >= 0.3 is 11.9 Å². The van der Waals surface area contributed by atoms with E-state index in [0.29, 0.717) is 92.3 Å². The molecule has 6 rings (SSSR count). The highest BCUT2D eigenvalue weighted by Crippen LogP contribution is 2.45. The molecule has 4 unspecified atom stereocenters. The molecule has 2 heterocycles. The number of benzene rings is 4. The fourth-order valence-electron chi connectivity index (χ4n) is 10.2. The molecule has 2 aliphatic heterocycles. The molecule has 4 atom stereocenters. The van der Waals surface area contributed by atoms with Crippen molar-refractivity contribution >= 4 is 11.9 Å². The summed E-state index contributed by atoms with van der Waals surface area (Å²) in [5, 5.41) is 40.5. The number of ether oxygens (including phenoxy) is 7. The zero-order valence-corrected chi connectivity index (χ0v) is 40.0. The molecule has 0 saturated heterocycles. The second-order valence-corrected chi connectivity index (χ2v) is 17.8. The molecule has 67 heavy (non-hydrogen) atoms. The number of quaternary nitrogens is 2. The molecule has 2 aliphatic rings. The number of aliphatic hydroxyl groups is 4. The second kappa shape index (κ2) is 22.9. The minimum Gasteiger partial charge on any atom is -0.496 e. The molecule has 4 aromatic carbocycles. The van der Waals surface area contributed by atoms with Crippen molar-refractivity contribution in [2.24, 2.45) is 0 Å². The number of hydrogen-bond donors (Lipinski definition) is 4. The van der Waals surface area contributed by atoms with Gasteiger partial charge in [0.05, 0.1) is 115 Å². The average Bonchev–Trinajstić information content (AvgIpc) is 3.35. The minimum atomic E-state index is -0.647. The highest BCUT2D eigenvalue weighted by Gasteiger charge is 2.42. The molecule has 0 saturated carbocycles. The van der Waals surface area contributed by atoms with Crippen LogP contribution in [0.3, 0.4) is 0 Å². The summed E-state index contributed by atoms with van der Waals surface area (Å²) in [6, 6.07) is 17.6. The predicted molar refractivity (Wildman–Crippen MR) is 250 cm³/mol. The van der Waals surface area contributed by atoms with Crippen LogP contribution in [0.15, 0.2) is 66.7 Å². The van der Waals surface area contributed by atoms with Gasteiger partial charge in [0.25, 0.3) is 0 Å². The summed E-state index contributed by atoms with van der Waals surface area (Å²) in [6.07, 6.45) is 5.47. The molecule has 0 aliphatic carbocycles. The molecule has 0 amide bonds. The Kier molecular flexibility index (Phi) is 17.3. The van der Waals surface area contributed by atoms with E-state index in [2.05, 4.69) is 20.2 Å². The summed E-state index contributed by atoms with van der Waals surface area (Å²) in [4.78, 5) is 25.6. The maximum atomic E-state index is 12.8. The number of esters is 2. The number of likely N-dealkylation sites (N-methyl/N-ethyl adjacent to an activating group) is 2. The lowest BCUT2D eigenvalue weighted by Gasteiger charge is -2.46. The third-order valence-corrected chi connectivity index (χ3v) is 13.7. The van der Waals surface area contributed by atoms with Gasteiger partial charge in [0.2, 0.25) is 0 Å². The van der Waals surface area contributed by atoms with Crippen molar-refractivity contribution in [3.05, 3.63) is 122 Å². The zero-order chi connectivity index (χ0) is 48.3. The zero-order valence-electron chi connectivity index (χ0n) is 40.0. The first kappa shape index (κ1) is 50.7. The number of nitrogens with zero attached hydrogens (tertiary/aromatic N) is 2. The Labute approximate surface area is 393 Å². The number of hydrogen-bond acceptors (Lipinski definition) is 13. The lowest BCUT2D eigenvalue weighted by Crippen LogP contribution is -2.52. The molecule has 362 valence electrons. The molecule has 0 aromatic heterocycles. The molecule has 15 nitrogen and oxygen atoms in total. The van der Waals surface area contributed by atoms with E-state index in [1.807, 2.05) is 48.5 Å². The van der Waals surface area contributed by atoms with Gasteiger partial charge in [-0.1, -0.05) is 6.07 Å². The SMILES string of the molecule is COc1ccc(C2c3cc(CO)c(CO)cc3CC[N+]2(C)CCCOC(=O)C=CC(=O)OCCC[N+]2(C)CCc3cc(OC)c(OC)cc3C2Cc2cc(CO)c(OC)c(OC)c2)cc1CO. The molecular formula is C52H68N2O13+2. The smallest absolute Gasteiger partial charge is 0.331 e. The van der Waals surface area contributed by atoms with Gasteiger partial charge < -0.3 is 62.6 Å². The van der Waals surface area contributed by atoms with E-state index >= 15 is 0 Å². The summed E-state index contributed by atoms with van der Waals surface area (Å²) in [5.41, 5.74) is 9.03. The van der Waals surface area contributed by atoms with Gasteiger partial charge in [0, 0.05) is 72.1 Å². The summed E-state index contributed by atoms with van der Waals surface area (Å²) < 4.78 is 40.4. The van der Waals surface area contributed by atoms with Crippen LogP contribution in [0.1, 0.15) is 80.6 Å². The van der Waals surface area contributed by atoms with Crippen molar-refractivity contribution in [1.82, 2.24) is 0 Å². The van der Waals surface area contributed by atoms with E-state index in [9.17, 15) is 30.0 Å². The summed E-state index contributed by atoms with van der Waals surface area (Å²) >= 11 is 0. The van der Waals surface area contributed by atoms with Gasteiger partial charge in [-0.05, 0) is 76.3 Å². The van der Waals surface area contributed by atoms with Crippen molar-refractivity contribution in [3.63, 3.8) is 0 Å².